The number of hydrogen-bond acceptors (Lipinski definition) is 3. The molecule has 1 saturated carbocycles. The summed E-state index contributed by atoms with van der Waals surface area (Å²) in [5.74, 6) is 0.230. The van der Waals surface area contributed by atoms with E-state index in [0.717, 1.165) is 51.6 Å². The molecular formula is C14H25N3O2. The van der Waals surface area contributed by atoms with Gasteiger partial charge in [-0.05, 0) is 25.7 Å². The van der Waals surface area contributed by atoms with Gasteiger partial charge in [0.25, 0.3) is 0 Å². The minimum atomic E-state index is -0.651. The van der Waals surface area contributed by atoms with Crippen LogP contribution in [-0.4, -0.2) is 41.9 Å². The predicted molar refractivity (Wildman–Crippen MR) is 73.4 cm³/mol. The van der Waals surface area contributed by atoms with E-state index >= 15 is 0 Å². The molecule has 19 heavy (non-hydrogen) atoms. The molecule has 1 aliphatic heterocycles. The normalized spacial score (nSPS) is 22.6. The van der Waals surface area contributed by atoms with E-state index in [1.807, 2.05) is 4.90 Å². The average molecular weight is 267 g/mol. The molecule has 2 aliphatic rings. The molecule has 1 heterocycles. The maximum atomic E-state index is 12.1. The molecule has 0 radical (unpaired) electrons. The largest absolute Gasteiger partial charge is 0.354 e. The molecule has 2 fully saturated rings. The minimum Gasteiger partial charge on any atom is -0.354 e. The van der Waals surface area contributed by atoms with Gasteiger partial charge in [-0.3, -0.25) is 9.59 Å². The van der Waals surface area contributed by atoms with Gasteiger partial charge in [-0.15, -0.1) is 0 Å². The van der Waals surface area contributed by atoms with Crippen molar-refractivity contribution in [2.24, 2.45) is 5.73 Å². The average Bonchev–Trinajstić information content (AvgIpc) is 2.81. The van der Waals surface area contributed by atoms with Crippen molar-refractivity contribution in [2.45, 2.75) is 56.9 Å². The molecule has 1 aliphatic carbocycles. The molecule has 2 rings (SSSR count). The van der Waals surface area contributed by atoms with Crippen LogP contribution >= 0.6 is 0 Å². The van der Waals surface area contributed by atoms with Gasteiger partial charge >= 0.3 is 0 Å². The monoisotopic (exact) mass is 267 g/mol. The Bertz CT molecular complexity index is 338. The van der Waals surface area contributed by atoms with Crippen molar-refractivity contribution < 1.29 is 9.59 Å². The first-order chi connectivity index (χ1) is 9.12. The molecule has 0 bridgehead atoms. The zero-order valence-corrected chi connectivity index (χ0v) is 11.6. The number of carbonyl (C=O) groups is 2. The number of nitrogens with two attached hydrogens (primary N) is 1. The standard InChI is InChI=1S/C14H25N3O2/c15-14(7-2-1-3-8-14)13(19)16-9-5-11-17-10-4-6-12(17)18/h1-11,15H2,(H,16,19). The first-order valence-electron chi connectivity index (χ1n) is 7.47. The zero-order chi connectivity index (χ0) is 13.7. The molecule has 3 N–H and O–H groups in total. The van der Waals surface area contributed by atoms with Gasteiger partial charge in [0.2, 0.25) is 11.8 Å². The van der Waals surface area contributed by atoms with Crippen LogP contribution in [0.15, 0.2) is 0 Å². The van der Waals surface area contributed by atoms with Gasteiger partial charge in [0, 0.05) is 26.1 Å². The fourth-order valence-corrected chi connectivity index (χ4v) is 3.00. The fourth-order valence-electron chi connectivity index (χ4n) is 3.00. The summed E-state index contributed by atoms with van der Waals surface area (Å²) in [6.07, 6.45) is 7.33. The van der Waals surface area contributed by atoms with E-state index in [9.17, 15) is 9.59 Å². The van der Waals surface area contributed by atoms with Crippen molar-refractivity contribution in [3.05, 3.63) is 0 Å². The van der Waals surface area contributed by atoms with Gasteiger partial charge in [-0.2, -0.15) is 0 Å². The second-order valence-electron chi connectivity index (χ2n) is 5.81. The number of likely N-dealkylation sites (tertiary alicyclic amines) is 1. The van der Waals surface area contributed by atoms with Crippen LogP contribution in [0.25, 0.3) is 0 Å². The minimum absolute atomic E-state index is 0.0139. The van der Waals surface area contributed by atoms with Crippen molar-refractivity contribution in [3.63, 3.8) is 0 Å². The second-order valence-corrected chi connectivity index (χ2v) is 5.81. The molecule has 2 amide bonds. The molecule has 0 unspecified atom stereocenters. The molecular weight excluding hydrogens is 242 g/mol. The maximum Gasteiger partial charge on any atom is 0.240 e. The van der Waals surface area contributed by atoms with Gasteiger partial charge in [0.1, 0.15) is 0 Å². The van der Waals surface area contributed by atoms with Gasteiger partial charge < -0.3 is 16.0 Å². The fraction of sp³-hybridized carbons (Fsp3) is 0.857. The number of nitrogens with zero attached hydrogens (tertiary/aromatic N) is 1. The molecule has 5 heteroatoms. The Kier molecular flexibility index (Phi) is 4.80. The van der Waals surface area contributed by atoms with Crippen molar-refractivity contribution in [1.29, 1.82) is 0 Å². The first-order valence-corrected chi connectivity index (χ1v) is 7.47. The van der Waals surface area contributed by atoms with E-state index in [2.05, 4.69) is 5.32 Å². The van der Waals surface area contributed by atoms with Crippen LogP contribution < -0.4 is 11.1 Å². The highest BCUT2D eigenvalue weighted by Crippen LogP contribution is 2.25. The van der Waals surface area contributed by atoms with Gasteiger partial charge in [-0.25, -0.2) is 0 Å². The van der Waals surface area contributed by atoms with Crippen molar-refractivity contribution in [2.75, 3.05) is 19.6 Å². The summed E-state index contributed by atoms with van der Waals surface area (Å²) in [5, 5.41) is 2.93. The van der Waals surface area contributed by atoms with Crippen molar-refractivity contribution >= 4 is 11.8 Å². The van der Waals surface area contributed by atoms with Crippen molar-refractivity contribution in [1.82, 2.24) is 10.2 Å². The smallest absolute Gasteiger partial charge is 0.240 e. The van der Waals surface area contributed by atoms with Gasteiger partial charge in [0.15, 0.2) is 0 Å². The summed E-state index contributed by atoms with van der Waals surface area (Å²) < 4.78 is 0. The molecule has 5 nitrogen and oxygen atoms in total. The quantitative estimate of drug-likeness (QED) is 0.723. The lowest BCUT2D eigenvalue weighted by Gasteiger charge is -2.31. The Hall–Kier alpha value is -1.10. The lowest BCUT2D eigenvalue weighted by molar-refractivity contribution is -0.127. The van der Waals surface area contributed by atoms with Gasteiger partial charge in [0.05, 0.1) is 5.54 Å². The Labute approximate surface area is 114 Å². The number of amides is 2. The van der Waals surface area contributed by atoms with Crippen LogP contribution in [0.5, 0.6) is 0 Å². The Morgan fingerprint density at radius 3 is 2.63 bits per heavy atom. The Morgan fingerprint density at radius 1 is 1.26 bits per heavy atom. The maximum absolute atomic E-state index is 12.1. The number of hydrogen-bond donors (Lipinski definition) is 2. The molecule has 0 aromatic heterocycles. The SMILES string of the molecule is NC1(C(=O)NCCCN2CCCC2=O)CCCCC1. The van der Waals surface area contributed by atoms with Crippen LogP contribution in [0.4, 0.5) is 0 Å². The predicted octanol–water partition coefficient (Wildman–Crippen LogP) is 0.777. The van der Waals surface area contributed by atoms with E-state index in [1.54, 1.807) is 0 Å². The zero-order valence-electron chi connectivity index (χ0n) is 11.6. The van der Waals surface area contributed by atoms with Gasteiger partial charge in [-0.1, -0.05) is 19.3 Å². The van der Waals surface area contributed by atoms with Crippen LogP contribution in [0.3, 0.4) is 0 Å². The number of carbonyl (C=O) groups excluding carboxylic acids is 2. The van der Waals surface area contributed by atoms with E-state index in [4.69, 9.17) is 5.73 Å². The van der Waals surface area contributed by atoms with E-state index < -0.39 is 5.54 Å². The highest BCUT2D eigenvalue weighted by molar-refractivity contribution is 5.86. The molecule has 0 atom stereocenters. The topological polar surface area (TPSA) is 75.4 Å². The molecule has 1 saturated heterocycles. The van der Waals surface area contributed by atoms with E-state index in [1.165, 1.54) is 6.42 Å². The van der Waals surface area contributed by atoms with Crippen LogP contribution in [0.2, 0.25) is 0 Å². The third-order valence-corrected chi connectivity index (χ3v) is 4.26. The van der Waals surface area contributed by atoms with Crippen molar-refractivity contribution in [3.8, 4) is 0 Å². The van der Waals surface area contributed by atoms with E-state index in [0.29, 0.717) is 13.0 Å². The lowest BCUT2D eigenvalue weighted by Crippen LogP contribution is -2.55. The molecule has 0 aromatic rings. The third kappa shape index (κ3) is 3.69. The summed E-state index contributed by atoms with van der Waals surface area (Å²) in [5.41, 5.74) is 5.50. The summed E-state index contributed by atoms with van der Waals surface area (Å²) in [6.45, 7) is 2.23. The molecule has 0 aromatic carbocycles. The Morgan fingerprint density at radius 2 is 2.00 bits per heavy atom. The van der Waals surface area contributed by atoms with Crippen LogP contribution in [0, 0.1) is 0 Å². The lowest BCUT2D eigenvalue weighted by atomic mass is 9.82. The van der Waals surface area contributed by atoms with Crippen LogP contribution in [0.1, 0.15) is 51.4 Å². The summed E-state index contributed by atoms with van der Waals surface area (Å²) in [4.78, 5) is 25.4. The first kappa shape index (κ1) is 14.3. The summed E-state index contributed by atoms with van der Waals surface area (Å²) in [6, 6.07) is 0. The third-order valence-electron chi connectivity index (χ3n) is 4.26. The van der Waals surface area contributed by atoms with Crippen LogP contribution in [-0.2, 0) is 9.59 Å². The van der Waals surface area contributed by atoms with E-state index in [-0.39, 0.29) is 11.8 Å². The Balaban J connectivity index is 1.64. The highest BCUT2D eigenvalue weighted by Gasteiger charge is 2.34. The highest BCUT2D eigenvalue weighted by atomic mass is 16.2. The number of rotatable bonds is 5. The second kappa shape index (κ2) is 6.37. The summed E-state index contributed by atoms with van der Waals surface area (Å²) >= 11 is 0. The molecule has 0 spiro atoms. The summed E-state index contributed by atoms with van der Waals surface area (Å²) in [7, 11) is 0. The number of nitrogens with one attached hydrogen (secondary N) is 1. The molecule has 108 valence electrons.